The van der Waals surface area contributed by atoms with Crippen LogP contribution in [0.25, 0.3) is 22.0 Å². The summed E-state index contributed by atoms with van der Waals surface area (Å²) in [5, 5.41) is 3.69. The number of amides is 1. The van der Waals surface area contributed by atoms with Crippen LogP contribution in [0.3, 0.4) is 0 Å². The van der Waals surface area contributed by atoms with Gasteiger partial charge in [0, 0.05) is 29.9 Å². The quantitative estimate of drug-likeness (QED) is 0.302. The predicted octanol–water partition coefficient (Wildman–Crippen LogP) is 6.91. The smallest absolute Gasteiger partial charge is 0.253 e. The van der Waals surface area contributed by atoms with Crippen LogP contribution in [0.1, 0.15) is 67.9 Å². The van der Waals surface area contributed by atoms with E-state index in [2.05, 4.69) is 41.5 Å². The van der Waals surface area contributed by atoms with E-state index in [0.29, 0.717) is 34.4 Å². The Kier molecular flexibility index (Phi) is 5.98. The lowest BCUT2D eigenvalue weighted by Crippen LogP contribution is -2.53. The maximum atomic E-state index is 14.8. The molecule has 2 aromatic heterocycles. The number of benzene rings is 2. The van der Waals surface area contributed by atoms with E-state index in [1.54, 1.807) is 18.3 Å². The van der Waals surface area contributed by atoms with E-state index in [1.807, 2.05) is 29.8 Å². The third-order valence-electron chi connectivity index (χ3n) is 8.35. The number of halogens is 1. The maximum absolute atomic E-state index is 14.8. The van der Waals surface area contributed by atoms with Crippen LogP contribution in [0.4, 0.5) is 4.39 Å². The van der Waals surface area contributed by atoms with E-state index >= 15 is 0 Å². The van der Waals surface area contributed by atoms with Gasteiger partial charge in [0.15, 0.2) is 0 Å². The summed E-state index contributed by atoms with van der Waals surface area (Å²) >= 11 is 0. The Morgan fingerprint density at radius 3 is 2.62 bits per heavy atom. The highest BCUT2D eigenvalue weighted by Crippen LogP contribution is 2.55. The molecule has 0 radical (unpaired) electrons. The lowest BCUT2D eigenvalue weighted by Gasteiger charge is -2.54. The van der Waals surface area contributed by atoms with Gasteiger partial charge in [-0.1, -0.05) is 30.7 Å². The molecule has 37 heavy (non-hydrogen) atoms. The summed E-state index contributed by atoms with van der Waals surface area (Å²) in [6.07, 6.45) is 9.64. The molecule has 2 saturated carbocycles. The van der Waals surface area contributed by atoms with Crippen molar-refractivity contribution in [2.24, 2.45) is 5.41 Å². The Morgan fingerprint density at radius 2 is 1.92 bits per heavy atom. The number of aromatic nitrogens is 2. The maximum Gasteiger partial charge on any atom is 0.253 e. The zero-order chi connectivity index (χ0) is 25.6. The Balaban J connectivity index is 1.26. The number of pyridine rings is 1. The zero-order valence-corrected chi connectivity index (χ0v) is 21.3. The molecule has 5 nitrogen and oxygen atoms in total. The average Bonchev–Trinajstić information content (AvgIpc) is 3.31. The first-order chi connectivity index (χ1) is 18.0. The molecule has 1 N–H and O–H groups in total. The van der Waals surface area contributed by atoms with Gasteiger partial charge < -0.3 is 14.6 Å². The van der Waals surface area contributed by atoms with Gasteiger partial charge in [0.25, 0.3) is 5.91 Å². The highest BCUT2D eigenvalue weighted by Gasteiger charge is 2.48. The summed E-state index contributed by atoms with van der Waals surface area (Å²) in [6.45, 7) is 4.58. The van der Waals surface area contributed by atoms with Gasteiger partial charge in [-0.05, 0) is 85.9 Å². The summed E-state index contributed by atoms with van der Waals surface area (Å²) in [5.74, 6) is 0.177. The van der Waals surface area contributed by atoms with Crippen LogP contribution in [0.2, 0.25) is 0 Å². The fourth-order valence-electron chi connectivity index (χ4n) is 6.12. The van der Waals surface area contributed by atoms with Crippen LogP contribution in [-0.2, 0) is 0 Å². The van der Waals surface area contributed by atoms with E-state index in [0.717, 1.165) is 29.5 Å². The SMILES string of the molecule is CCOc1cc(-c2ccc(C(C)n3ccc4c(F)ccc(C(=O)NC5CC6(CCC6)C5)c43)cc2)ccn1. The Hall–Kier alpha value is -3.67. The molecule has 1 unspecified atom stereocenters. The van der Waals surface area contributed by atoms with Gasteiger partial charge in [0.05, 0.1) is 23.7 Å². The molecule has 6 heteroatoms. The normalized spacial score (nSPS) is 17.3. The molecule has 0 aliphatic heterocycles. The molecule has 2 fully saturated rings. The lowest BCUT2D eigenvalue weighted by atomic mass is 9.54. The first-order valence-corrected chi connectivity index (χ1v) is 13.3. The van der Waals surface area contributed by atoms with Crippen molar-refractivity contribution in [3.63, 3.8) is 0 Å². The Morgan fingerprint density at radius 1 is 1.14 bits per heavy atom. The Labute approximate surface area is 216 Å². The molecule has 0 saturated heterocycles. The molecule has 190 valence electrons. The van der Waals surface area contributed by atoms with Crippen molar-refractivity contribution in [3.05, 3.63) is 83.9 Å². The third kappa shape index (κ3) is 4.28. The average molecular weight is 498 g/mol. The number of hydrogen-bond donors (Lipinski definition) is 1. The highest BCUT2D eigenvalue weighted by atomic mass is 19.1. The largest absolute Gasteiger partial charge is 0.478 e. The molecule has 2 heterocycles. The standard InChI is InChI=1S/C31H32FN3O2/c1-3-37-28-17-23(11-15-33-28)22-7-5-21(6-8-22)20(2)35-16-12-25-27(32)10-9-26(29(25)35)30(36)34-24-18-31(19-24)13-4-14-31/h5-12,15-17,20,24H,3-4,13-14,18-19H2,1-2H3,(H,34,36). The predicted molar refractivity (Wildman–Crippen MR) is 143 cm³/mol. The second-order valence-corrected chi connectivity index (χ2v) is 10.6. The first kappa shape index (κ1) is 23.7. The fourth-order valence-corrected chi connectivity index (χ4v) is 6.12. The van der Waals surface area contributed by atoms with E-state index in [-0.39, 0.29) is 23.8 Å². The molecular weight excluding hydrogens is 465 g/mol. The number of carbonyl (C=O) groups excluding carboxylic acids is 1. The third-order valence-corrected chi connectivity index (χ3v) is 8.35. The minimum absolute atomic E-state index is 0.0849. The van der Waals surface area contributed by atoms with Gasteiger partial charge >= 0.3 is 0 Å². The van der Waals surface area contributed by atoms with E-state index < -0.39 is 0 Å². The molecule has 4 aromatic rings. The molecule has 0 bridgehead atoms. The molecule has 2 aromatic carbocycles. The van der Waals surface area contributed by atoms with E-state index in [4.69, 9.17) is 4.74 Å². The van der Waals surface area contributed by atoms with Crippen molar-refractivity contribution in [1.82, 2.24) is 14.9 Å². The lowest BCUT2D eigenvalue weighted by molar-refractivity contribution is -0.000603. The van der Waals surface area contributed by atoms with Crippen molar-refractivity contribution in [2.75, 3.05) is 6.61 Å². The zero-order valence-electron chi connectivity index (χ0n) is 21.3. The number of carbonyl (C=O) groups is 1. The van der Waals surface area contributed by atoms with Gasteiger partial charge in [0.1, 0.15) is 5.82 Å². The van der Waals surface area contributed by atoms with Crippen LogP contribution < -0.4 is 10.1 Å². The summed E-state index contributed by atoms with van der Waals surface area (Å²) < 4.78 is 22.3. The van der Waals surface area contributed by atoms with Crippen LogP contribution in [-0.4, -0.2) is 28.1 Å². The molecule has 1 spiro atoms. The van der Waals surface area contributed by atoms with Gasteiger partial charge in [-0.2, -0.15) is 0 Å². The monoisotopic (exact) mass is 497 g/mol. The topological polar surface area (TPSA) is 56.1 Å². The highest BCUT2D eigenvalue weighted by molar-refractivity contribution is 6.06. The second-order valence-electron chi connectivity index (χ2n) is 10.6. The van der Waals surface area contributed by atoms with Crippen molar-refractivity contribution >= 4 is 16.8 Å². The molecule has 6 rings (SSSR count). The summed E-state index contributed by atoms with van der Waals surface area (Å²) in [4.78, 5) is 17.6. The van der Waals surface area contributed by atoms with Crippen molar-refractivity contribution < 1.29 is 13.9 Å². The minimum Gasteiger partial charge on any atom is -0.478 e. The van der Waals surface area contributed by atoms with Crippen molar-refractivity contribution in [2.45, 2.75) is 58.0 Å². The summed E-state index contributed by atoms with van der Waals surface area (Å²) in [5.41, 5.74) is 4.82. The van der Waals surface area contributed by atoms with Crippen LogP contribution in [0.5, 0.6) is 5.88 Å². The fraction of sp³-hybridized carbons (Fsp3) is 0.355. The molecular formula is C31H32FN3O2. The number of nitrogens with zero attached hydrogens (tertiary/aromatic N) is 2. The van der Waals surface area contributed by atoms with Crippen LogP contribution >= 0.6 is 0 Å². The number of fused-ring (bicyclic) bond motifs is 1. The van der Waals surface area contributed by atoms with E-state index in [9.17, 15) is 9.18 Å². The first-order valence-electron chi connectivity index (χ1n) is 13.3. The van der Waals surface area contributed by atoms with Gasteiger partial charge in [0.2, 0.25) is 5.88 Å². The molecule has 1 atom stereocenters. The summed E-state index contributed by atoms with van der Waals surface area (Å²) in [7, 11) is 0. The molecule has 2 aliphatic rings. The Bertz CT molecular complexity index is 1450. The summed E-state index contributed by atoms with van der Waals surface area (Å²) in [6, 6.07) is 17.1. The number of nitrogens with one attached hydrogen (secondary N) is 1. The number of rotatable bonds is 7. The number of ether oxygens (including phenoxy) is 1. The minimum atomic E-state index is -0.312. The number of hydrogen-bond acceptors (Lipinski definition) is 3. The van der Waals surface area contributed by atoms with Crippen LogP contribution in [0, 0.1) is 11.2 Å². The van der Waals surface area contributed by atoms with E-state index in [1.165, 1.54) is 25.3 Å². The van der Waals surface area contributed by atoms with Crippen molar-refractivity contribution in [1.29, 1.82) is 0 Å². The van der Waals surface area contributed by atoms with Gasteiger partial charge in [-0.15, -0.1) is 0 Å². The molecule has 1 amide bonds. The van der Waals surface area contributed by atoms with Crippen molar-refractivity contribution in [3.8, 4) is 17.0 Å². The van der Waals surface area contributed by atoms with Gasteiger partial charge in [-0.25, -0.2) is 9.37 Å². The van der Waals surface area contributed by atoms with Crippen LogP contribution in [0.15, 0.2) is 67.0 Å². The second kappa shape index (κ2) is 9.33. The molecule has 2 aliphatic carbocycles. The van der Waals surface area contributed by atoms with Gasteiger partial charge in [-0.3, -0.25) is 4.79 Å².